The average Bonchev–Trinajstić information content (AvgIpc) is 3.42. The highest BCUT2D eigenvalue weighted by atomic mass is 79.9. The van der Waals surface area contributed by atoms with Gasteiger partial charge in [0.05, 0.1) is 11.9 Å². The molecule has 5 aromatic carbocycles. The molecule has 232 valence electrons. The second-order valence-corrected chi connectivity index (χ2v) is 12.7. The SMILES string of the molecule is O=C(N/N=C/c1ccc(Br)cc1)c1ccc(N2C(=O)/C(=C/c3ccc(OS(=O)(=O)c4ccccc4)cc3)N=C2c2ccccc2)cc1. The van der Waals surface area contributed by atoms with Gasteiger partial charge in [0.2, 0.25) is 0 Å². The molecule has 5 aromatic rings. The Kier molecular flexibility index (Phi) is 9.18. The number of hydrogen-bond donors (Lipinski definition) is 1. The van der Waals surface area contributed by atoms with Crippen LogP contribution in [0.2, 0.25) is 0 Å². The van der Waals surface area contributed by atoms with Crippen LogP contribution in [0, 0.1) is 0 Å². The molecule has 0 spiro atoms. The molecule has 0 unspecified atom stereocenters. The number of hydrazone groups is 1. The first-order valence-corrected chi connectivity index (χ1v) is 16.5. The number of rotatable bonds is 9. The number of amidine groups is 1. The Morgan fingerprint density at radius 1 is 0.787 bits per heavy atom. The van der Waals surface area contributed by atoms with E-state index in [4.69, 9.17) is 4.18 Å². The summed E-state index contributed by atoms with van der Waals surface area (Å²) in [6, 6.07) is 37.5. The lowest BCUT2D eigenvalue weighted by molar-refractivity contribution is -0.113. The fraction of sp³-hybridized carbons (Fsp3) is 0. The van der Waals surface area contributed by atoms with Crippen LogP contribution < -0.4 is 14.5 Å². The Morgan fingerprint density at radius 3 is 2.06 bits per heavy atom. The highest BCUT2D eigenvalue weighted by molar-refractivity contribution is 9.10. The highest BCUT2D eigenvalue weighted by Gasteiger charge is 2.32. The molecule has 9 nitrogen and oxygen atoms in total. The van der Waals surface area contributed by atoms with Gasteiger partial charge in [-0.2, -0.15) is 13.5 Å². The molecule has 2 amide bonds. The van der Waals surface area contributed by atoms with E-state index in [-0.39, 0.29) is 22.2 Å². The van der Waals surface area contributed by atoms with Crippen LogP contribution in [0.15, 0.2) is 159 Å². The highest BCUT2D eigenvalue weighted by Crippen LogP contribution is 2.29. The molecule has 47 heavy (non-hydrogen) atoms. The number of halogens is 1. The quantitative estimate of drug-likeness (QED) is 0.0783. The van der Waals surface area contributed by atoms with Gasteiger partial charge in [0.25, 0.3) is 11.8 Å². The van der Waals surface area contributed by atoms with Crippen LogP contribution in [0.25, 0.3) is 6.08 Å². The predicted molar refractivity (Wildman–Crippen MR) is 185 cm³/mol. The molecule has 11 heteroatoms. The van der Waals surface area contributed by atoms with Crippen molar-refractivity contribution in [3.8, 4) is 5.75 Å². The lowest BCUT2D eigenvalue weighted by atomic mass is 10.1. The first-order valence-electron chi connectivity index (χ1n) is 14.3. The predicted octanol–water partition coefficient (Wildman–Crippen LogP) is 6.82. The van der Waals surface area contributed by atoms with Crippen LogP contribution in [0.5, 0.6) is 5.75 Å². The van der Waals surface area contributed by atoms with Crippen molar-refractivity contribution in [3.05, 3.63) is 166 Å². The van der Waals surface area contributed by atoms with Gasteiger partial charge in [0.15, 0.2) is 0 Å². The Bertz CT molecular complexity index is 2120. The van der Waals surface area contributed by atoms with Crippen molar-refractivity contribution in [2.45, 2.75) is 4.90 Å². The molecule has 1 aliphatic heterocycles. The number of nitrogens with one attached hydrogen (secondary N) is 1. The van der Waals surface area contributed by atoms with Gasteiger partial charge in [-0.1, -0.05) is 88.7 Å². The van der Waals surface area contributed by atoms with E-state index >= 15 is 0 Å². The van der Waals surface area contributed by atoms with Gasteiger partial charge in [-0.05, 0) is 77.9 Å². The van der Waals surface area contributed by atoms with E-state index in [1.165, 1.54) is 29.2 Å². The van der Waals surface area contributed by atoms with Gasteiger partial charge in [-0.3, -0.25) is 14.5 Å². The number of hydrogen-bond acceptors (Lipinski definition) is 7. The van der Waals surface area contributed by atoms with Crippen molar-refractivity contribution in [1.82, 2.24) is 5.43 Å². The molecule has 0 radical (unpaired) electrons. The zero-order valence-corrected chi connectivity index (χ0v) is 26.9. The van der Waals surface area contributed by atoms with Gasteiger partial charge >= 0.3 is 10.1 Å². The summed E-state index contributed by atoms with van der Waals surface area (Å²) in [6.45, 7) is 0. The standard InChI is InChI=1S/C36H25BrN4O5S/c37-29-17-11-26(12-18-29)24-38-40-35(42)28-15-19-30(20-16-28)41-34(27-7-3-1-4-8-27)39-33(36(41)43)23-25-13-21-31(22-14-25)46-47(44,45)32-9-5-2-6-10-32/h1-24H,(H,40,42)/b33-23-,38-24+. The molecule has 6 rings (SSSR count). The van der Waals surface area contributed by atoms with Crippen molar-refractivity contribution in [3.63, 3.8) is 0 Å². The summed E-state index contributed by atoms with van der Waals surface area (Å²) >= 11 is 3.38. The van der Waals surface area contributed by atoms with E-state index in [1.807, 2.05) is 54.6 Å². The molecule has 0 fully saturated rings. The molecule has 1 aliphatic rings. The first-order chi connectivity index (χ1) is 22.8. The number of amides is 2. The van der Waals surface area contributed by atoms with Crippen molar-refractivity contribution >= 4 is 61.7 Å². The summed E-state index contributed by atoms with van der Waals surface area (Å²) in [5.74, 6) is -0.217. The second kappa shape index (κ2) is 13.8. The topological polar surface area (TPSA) is 117 Å². The molecule has 1 N–H and O–H groups in total. The Hall–Kier alpha value is -5.65. The largest absolute Gasteiger partial charge is 0.379 e. The van der Waals surface area contributed by atoms with E-state index in [0.717, 1.165) is 15.6 Å². The van der Waals surface area contributed by atoms with Crippen molar-refractivity contribution < 1.29 is 22.2 Å². The number of nitrogens with zero attached hydrogens (tertiary/aromatic N) is 3. The van der Waals surface area contributed by atoms with E-state index in [0.29, 0.717) is 22.6 Å². The van der Waals surface area contributed by atoms with E-state index in [9.17, 15) is 18.0 Å². The zero-order chi connectivity index (χ0) is 32.8. The summed E-state index contributed by atoms with van der Waals surface area (Å²) < 4.78 is 31.4. The summed E-state index contributed by atoms with van der Waals surface area (Å²) in [4.78, 5) is 32.7. The van der Waals surface area contributed by atoms with Crippen LogP contribution in [-0.4, -0.2) is 32.3 Å². The maximum Gasteiger partial charge on any atom is 0.339 e. The minimum absolute atomic E-state index is 0.0458. The average molecular weight is 706 g/mol. The van der Waals surface area contributed by atoms with Crippen LogP contribution >= 0.6 is 15.9 Å². The van der Waals surface area contributed by atoms with Crippen LogP contribution in [0.3, 0.4) is 0 Å². The summed E-state index contributed by atoms with van der Waals surface area (Å²) in [5.41, 5.74) is 5.74. The van der Waals surface area contributed by atoms with Crippen LogP contribution in [-0.2, 0) is 14.9 Å². The molecule has 1 heterocycles. The first kappa shape index (κ1) is 31.3. The van der Waals surface area contributed by atoms with Crippen molar-refractivity contribution in [2.75, 3.05) is 4.90 Å². The Labute approximate surface area is 279 Å². The molecule has 0 atom stereocenters. The minimum atomic E-state index is -3.99. The van der Waals surface area contributed by atoms with E-state index in [1.54, 1.807) is 66.9 Å². The molecular formula is C36H25BrN4O5S. The van der Waals surface area contributed by atoms with Gasteiger partial charge in [-0.15, -0.1) is 0 Å². The van der Waals surface area contributed by atoms with Crippen molar-refractivity contribution in [1.29, 1.82) is 0 Å². The van der Waals surface area contributed by atoms with E-state index in [2.05, 4.69) is 31.4 Å². The monoisotopic (exact) mass is 704 g/mol. The Balaban J connectivity index is 1.21. The number of carbonyl (C=O) groups excluding carboxylic acids is 2. The molecule has 0 bridgehead atoms. The van der Waals surface area contributed by atoms with Gasteiger partial charge < -0.3 is 4.18 Å². The molecule has 0 saturated heterocycles. The molecular weight excluding hydrogens is 680 g/mol. The van der Waals surface area contributed by atoms with Gasteiger partial charge in [-0.25, -0.2) is 10.4 Å². The third-order valence-corrected chi connectivity index (χ3v) is 8.74. The third-order valence-electron chi connectivity index (χ3n) is 6.95. The van der Waals surface area contributed by atoms with Gasteiger partial charge in [0.1, 0.15) is 22.2 Å². The fourth-order valence-corrected chi connectivity index (χ4v) is 5.83. The maximum absolute atomic E-state index is 13.8. The minimum Gasteiger partial charge on any atom is -0.379 e. The number of anilines is 1. The van der Waals surface area contributed by atoms with Crippen LogP contribution in [0.1, 0.15) is 27.0 Å². The smallest absolute Gasteiger partial charge is 0.339 e. The van der Waals surface area contributed by atoms with Crippen LogP contribution in [0.4, 0.5) is 5.69 Å². The number of aliphatic imine (C=N–C) groups is 1. The fourth-order valence-electron chi connectivity index (χ4n) is 4.62. The molecule has 0 aliphatic carbocycles. The summed E-state index contributed by atoms with van der Waals surface area (Å²) in [7, 11) is -3.99. The second-order valence-electron chi connectivity index (χ2n) is 10.2. The third kappa shape index (κ3) is 7.43. The maximum atomic E-state index is 13.8. The summed E-state index contributed by atoms with van der Waals surface area (Å²) in [5, 5.41) is 4.03. The zero-order valence-electron chi connectivity index (χ0n) is 24.5. The molecule has 0 aromatic heterocycles. The lowest BCUT2D eigenvalue weighted by Crippen LogP contribution is -2.32. The normalized spacial score (nSPS) is 14.0. The molecule has 0 saturated carbocycles. The van der Waals surface area contributed by atoms with Crippen molar-refractivity contribution in [2.24, 2.45) is 10.1 Å². The van der Waals surface area contributed by atoms with E-state index < -0.39 is 16.0 Å². The summed E-state index contributed by atoms with van der Waals surface area (Å²) in [6.07, 6.45) is 3.16. The van der Waals surface area contributed by atoms with Gasteiger partial charge in [0, 0.05) is 15.6 Å². The Morgan fingerprint density at radius 2 is 1.40 bits per heavy atom. The lowest BCUT2D eigenvalue weighted by Gasteiger charge is -2.18. The number of benzene rings is 5. The number of carbonyl (C=O) groups is 2.